The molecule has 1 aromatic rings. The third kappa shape index (κ3) is 3.87. The van der Waals surface area contributed by atoms with Gasteiger partial charge in [0.1, 0.15) is 0 Å². The SMILES string of the molecule is C[C@@H]1CN(Cc2ccccc2)C[C@H]1NC(=O)C1CCOCC1. The number of ether oxygens (including phenoxy) is 1. The standard InChI is InChI=1S/C18H26N2O2/c1-14-11-20(12-15-5-3-2-4-6-15)13-17(14)19-18(21)16-7-9-22-10-8-16/h2-6,14,16-17H,7-13H2,1H3,(H,19,21)/t14-,17-/m1/s1. The number of rotatable bonds is 4. The van der Waals surface area contributed by atoms with Crippen molar-refractivity contribution in [2.24, 2.45) is 11.8 Å². The van der Waals surface area contributed by atoms with Crippen molar-refractivity contribution >= 4 is 5.91 Å². The molecule has 120 valence electrons. The predicted molar refractivity (Wildman–Crippen MR) is 86.4 cm³/mol. The lowest BCUT2D eigenvalue weighted by atomic mass is 9.98. The molecule has 22 heavy (non-hydrogen) atoms. The number of carbonyl (C=O) groups is 1. The number of carbonyl (C=O) groups excluding carboxylic acids is 1. The number of nitrogens with one attached hydrogen (secondary N) is 1. The second kappa shape index (κ2) is 7.25. The number of hydrogen-bond donors (Lipinski definition) is 1. The molecule has 0 unspecified atom stereocenters. The zero-order valence-electron chi connectivity index (χ0n) is 13.3. The van der Waals surface area contributed by atoms with Crippen LogP contribution < -0.4 is 5.32 Å². The van der Waals surface area contributed by atoms with Gasteiger partial charge in [-0.2, -0.15) is 0 Å². The van der Waals surface area contributed by atoms with Gasteiger partial charge in [-0.1, -0.05) is 37.3 Å². The van der Waals surface area contributed by atoms with Crippen LogP contribution in [0.4, 0.5) is 0 Å². The van der Waals surface area contributed by atoms with Crippen LogP contribution in [0, 0.1) is 11.8 Å². The second-order valence-corrected chi connectivity index (χ2v) is 6.66. The summed E-state index contributed by atoms with van der Waals surface area (Å²) in [4.78, 5) is 14.8. The Morgan fingerprint density at radius 3 is 2.68 bits per heavy atom. The zero-order valence-corrected chi connectivity index (χ0v) is 13.3. The number of nitrogens with zero attached hydrogens (tertiary/aromatic N) is 1. The van der Waals surface area contributed by atoms with Gasteiger partial charge in [0.05, 0.1) is 0 Å². The van der Waals surface area contributed by atoms with Gasteiger partial charge in [-0.05, 0) is 24.3 Å². The molecule has 4 nitrogen and oxygen atoms in total. The van der Waals surface area contributed by atoms with Gasteiger partial charge in [0.25, 0.3) is 0 Å². The summed E-state index contributed by atoms with van der Waals surface area (Å²) >= 11 is 0. The number of amides is 1. The average molecular weight is 302 g/mol. The maximum atomic E-state index is 12.4. The van der Waals surface area contributed by atoms with Crippen LogP contribution in [-0.4, -0.2) is 43.2 Å². The maximum Gasteiger partial charge on any atom is 0.223 e. The Balaban J connectivity index is 1.51. The van der Waals surface area contributed by atoms with E-state index >= 15 is 0 Å². The molecule has 2 fully saturated rings. The summed E-state index contributed by atoms with van der Waals surface area (Å²) in [6.07, 6.45) is 1.72. The van der Waals surface area contributed by atoms with Gasteiger partial charge >= 0.3 is 0 Å². The van der Waals surface area contributed by atoms with E-state index in [9.17, 15) is 4.79 Å². The summed E-state index contributed by atoms with van der Waals surface area (Å²) in [7, 11) is 0. The first-order valence-electron chi connectivity index (χ1n) is 8.37. The summed E-state index contributed by atoms with van der Waals surface area (Å²) in [5.74, 6) is 0.873. The highest BCUT2D eigenvalue weighted by molar-refractivity contribution is 5.79. The smallest absolute Gasteiger partial charge is 0.223 e. The minimum atomic E-state index is 0.143. The van der Waals surface area contributed by atoms with Crippen LogP contribution in [0.25, 0.3) is 0 Å². The summed E-state index contributed by atoms with van der Waals surface area (Å²) in [5.41, 5.74) is 1.34. The van der Waals surface area contributed by atoms with Crippen LogP contribution in [0.2, 0.25) is 0 Å². The molecule has 1 amide bonds. The minimum Gasteiger partial charge on any atom is -0.381 e. The average Bonchev–Trinajstić information content (AvgIpc) is 2.88. The first-order chi connectivity index (χ1) is 10.7. The molecule has 2 saturated heterocycles. The van der Waals surface area contributed by atoms with E-state index in [4.69, 9.17) is 4.74 Å². The fourth-order valence-electron chi connectivity index (χ4n) is 3.49. The van der Waals surface area contributed by atoms with Gasteiger partial charge in [-0.3, -0.25) is 9.69 Å². The fraction of sp³-hybridized carbons (Fsp3) is 0.611. The highest BCUT2D eigenvalue weighted by Gasteiger charge is 2.32. The number of likely N-dealkylation sites (tertiary alicyclic amines) is 1. The summed E-state index contributed by atoms with van der Waals surface area (Å²) < 4.78 is 5.34. The summed E-state index contributed by atoms with van der Waals surface area (Å²) in [5, 5.41) is 3.28. The van der Waals surface area contributed by atoms with Crippen LogP contribution in [0.5, 0.6) is 0 Å². The van der Waals surface area contributed by atoms with Gasteiger partial charge in [0, 0.05) is 44.8 Å². The fourth-order valence-corrected chi connectivity index (χ4v) is 3.49. The van der Waals surface area contributed by atoms with Crippen molar-refractivity contribution in [1.29, 1.82) is 0 Å². The Morgan fingerprint density at radius 2 is 1.95 bits per heavy atom. The van der Waals surface area contributed by atoms with Crippen LogP contribution in [0.1, 0.15) is 25.3 Å². The van der Waals surface area contributed by atoms with E-state index in [1.165, 1.54) is 5.56 Å². The van der Waals surface area contributed by atoms with Crippen molar-refractivity contribution in [3.63, 3.8) is 0 Å². The Morgan fingerprint density at radius 1 is 1.23 bits per heavy atom. The zero-order chi connectivity index (χ0) is 15.4. The molecule has 2 aliphatic rings. The normalized spacial score (nSPS) is 27.0. The molecule has 3 rings (SSSR count). The van der Waals surface area contributed by atoms with Crippen molar-refractivity contribution in [3.8, 4) is 0 Å². The molecule has 1 aromatic carbocycles. The molecule has 1 N–H and O–H groups in total. The molecule has 0 aromatic heterocycles. The van der Waals surface area contributed by atoms with Crippen LogP contribution in [0.15, 0.2) is 30.3 Å². The van der Waals surface area contributed by atoms with E-state index in [-0.39, 0.29) is 17.9 Å². The van der Waals surface area contributed by atoms with Gasteiger partial charge in [-0.15, -0.1) is 0 Å². The van der Waals surface area contributed by atoms with E-state index in [1.807, 2.05) is 6.07 Å². The molecule has 0 aliphatic carbocycles. The van der Waals surface area contributed by atoms with Crippen molar-refractivity contribution in [2.75, 3.05) is 26.3 Å². The van der Waals surface area contributed by atoms with Crippen molar-refractivity contribution in [2.45, 2.75) is 32.4 Å². The minimum absolute atomic E-state index is 0.143. The Bertz CT molecular complexity index is 485. The van der Waals surface area contributed by atoms with Crippen molar-refractivity contribution < 1.29 is 9.53 Å². The Kier molecular flexibility index (Phi) is 5.11. The molecule has 2 aliphatic heterocycles. The van der Waals surface area contributed by atoms with Crippen LogP contribution in [0.3, 0.4) is 0 Å². The molecule has 4 heteroatoms. The first-order valence-corrected chi connectivity index (χ1v) is 8.37. The lowest BCUT2D eigenvalue weighted by Gasteiger charge is -2.24. The third-order valence-electron chi connectivity index (χ3n) is 4.86. The second-order valence-electron chi connectivity index (χ2n) is 6.66. The predicted octanol–water partition coefficient (Wildman–Crippen LogP) is 2.05. The largest absolute Gasteiger partial charge is 0.381 e. The van der Waals surface area contributed by atoms with Crippen molar-refractivity contribution in [1.82, 2.24) is 10.2 Å². The topological polar surface area (TPSA) is 41.6 Å². The van der Waals surface area contributed by atoms with Crippen molar-refractivity contribution in [3.05, 3.63) is 35.9 Å². The molecular formula is C18H26N2O2. The monoisotopic (exact) mass is 302 g/mol. The molecule has 2 heterocycles. The van der Waals surface area contributed by atoms with Crippen LogP contribution in [-0.2, 0) is 16.1 Å². The van der Waals surface area contributed by atoms with E-state index in [1.54, 1.807) is 0 Å². The number of hydrogen-bond acceptors (Lipinski definition) is 3. The molecule has 2 atom stereocenters. The van der Waals surface area contributed by atoms with Gasteiger partial charge < -0.3 is 10.1 Å². The van der Waals surface area contributed by atoms with E-state index in [0.29, 0.717) is 5.92 Å². The molecule has 0 bridgehead atoms. The highest BCUT2D eigenvalue weighted by Crippen LogP contribution is 2.21. The van der Waals surface area contributed by atoms with E-state index < -0.39 is 0 Å². The Hall–Kier alpha value is -1.39. The quantitative estimate of drug-likeness (QED) is 0.925. The highest BCUT2D eigenvalue weighted by atomic mass is 16.5. The van der Waals surface area contributed by atoms with Gasteiger partial charge in [0.2, 0.25) is 5.91 Å². The third-order valence-corrected chi connectivity index (χ3v) is 4.86. The van der Waals surface area contributed by atoms with Gasteiger partial charge in [-0.25, -0.2) is 0 Å². The van der Waals surface area contributed by atoms with E-state index in [0.717, 1.165) is 45.7 Å². The van der Waals surface area contributed by atoms with Gasteiger partial charge in [0.15, 0.2) is 0 Å². The Labute approximate surface area is 132 Å². The molecule has 0 saturated carbocycles. The first kappa shape index (κ1) is 15.5. The lowest BCUT2D eigenvalue weighted by molar-refractivity contribution is -0.128. The van der Waals surface area contributed by atoms with Crippen LogP contribution >= 0.6 is 0 Å². The molecular weight excluding hydrogens is 276 g/mol. The summed E-state index contributed by atoms with van der Waals surface area (Å²) in [6.45, 7) is 6.64. The molecule has 0 spiro atoms. The lowest BCUT2D eigenvalue weighted by Crippen LogP contribution is -2.44. The van der Waals surface area contributed by atoms with E-state index in [2.05, 4.69) is 41.4 Å². The number of benzene rings is 1. The maximum absolute atomic E-state index is 12.4. The molecule has 0 radical (unpaired) electrons. The summed E-state index contributed by atoms with van der Waals surface area (Å²) in [6, 6.07) is 10.8.